The Kier molecular flexibility index (Phi) is 3.52. The van der Waals surface area contributed by atoms with E-state index in [9.17, 15) is 4.39 Å². The number of benzene rings is 1. The van der Waals surface area contributed by atoms with Crippen molar-refractivity contribution < 1.29 is 9.13 Å². The van der Waals surface area contributed by atoms with Crippen molar-refractivity contribution in [3.05, 3.63) is 24.3 Å². The summed E-state index contributed by atoms with van der Waals surface area (Å²) in [7, 11) is 1.65. The lowest BCUT2D eigenvalue weighted by Crippen LogP contribution is -2.45. The molecule has 1 aliphatic rings. The van der Waals surface area contributed by atoms with E-state index in [2.05, 4.69) is 4.90 Å². The van der Waals surface area contributed by atoms with Crippen molar-refractivity contribution >= 4 is 5.69 Å². The lowest BCUT2D eigenvalue weighted by molar-refractivity contribution is 0.135. The van der Waals surface area contributed by atoms with E-state index < -0.39 is 5.67 Å². The molecule has 1 fully saturated rings. The molecule has 0 aliphatic carbocycles. The molecule has 1 heterocycles. The lowest BCUT2D eigenvalue weighted by atomic mass is 9.93. The van der Waals surface area contributed by atoms with Gasteiger partial charge in [-0.15, -0.1) is 0 Å². The molecular weight excluding hydrogens is 219 g/mol. The first-order valence-electron chi connectivity index (χ1n) is 5.95. The standard InChI is InChI=1S/C13H19FN2O/c1-17-12-4-2-3-11(9-12)16-7-5-13(14,10-15)6-8-16/h2-4,9H,5-8,10,15H2,1H3. The number of halogens is 1. The van der Waals surface area contributed by atoms with Crippen LogP contribution in [0.2, 0.25) is 0 Å². The van der Waals surface area contributed by atoms with Crippen LogP contribution in [0.5, 0.6) is 5.75 Å². The van der Waals surface area contributed by atoms with E-state index in [0.29, 0.717) is 25.9 Å². The molecule has 1 saturated heterocycles. The second kappa shape index (κ2) is 4.92. The maximum atomic E-state index is 14.0. The summed E-state index contributed by atoms with van der Waals surface area (Å²) in [5.41, 5.74) is 5.37. The van der Waals surface area contributed by atoms with E-state index in [4.69, 9.17) is 10.5 Å². The van der Waals surface area contributed by atoms with Gasteiger partial charge in [-0.1, -0.05) is 6.07 Å². The molecule has 2 N–H and O–H groups in total. The molecule has 0 bridgehead atoms. The Hall–Kier alpha value is -1.29. The average Bonchev–Trinajstić information content (AvgIpc) is 2.40. The third-order valence-electron chi connectivity index (χ3n) is 3.44. The number of methoxy groups -OCH3 is 1. The maximum Gasteiger partial charge on any atom is 0.126 e. The Morgan fingerprint density at radius 2 is 2.12 bits per heavy atom. The predicted octanol–water partition coefficient (Wildman–Crippen LogP) is 1.96. The average molecular weight is 238 g/mol. The Labute approximate surface area is 101 Å². The van der Waals surface area contributed by atoms with E-state index >= 15 is 0 Å². The van der Waals surface area contributed by atoms with Gasteiger partial charge in [0.25, 0.3) is 0 Å². The topological polar surface area (TPSA) is 38.5 Å². The number of piperidine rings is 1. The predicted molar refractivity (Wildman–Crippen MR) is 67.3 cm³/mol. The van der Waals surface area contributed by atoms with Crippen molar-refractivity contribution in [2.75, 3.05) is 31.6 Å². The Bertz CT molecular complexity index is 375. The first kappa shape index (κ1) is 12.2. The molecular formula is C13H19FN2O. The summed E-state index contributed by atoms with van der Waals surface area (Å²) in [5, 5.41) is 0. The minimum absolute atomic E-state index is 0.124. The van der Waals surface area contributed by atoms with Gasteiger partial charge < -0.3 is 15.4 Å². The number of hydrogen-bond donors (Lipinski definition) is 1. The molecule has 0 radical (unpaired) electrons. The van der Waals surface area contributed by atoms with Gasteiger partial charge in [0.2, 0.25) is 0 Å². The van der Waals surface area contributed by atoms with Gasteiger partial charge in [0.05, 0.1) is 7.11 Å². The summed E-state index contributed by atoms with van der Waals surface area (Å²) >= 11 is 0. The van der Waals surface area contributed by atoms with Crippen LogP contribution in [-0.2, 0) is 0 Å². The number of rotatable bonds is 3. The second-order valence-corrected chi connectivity index (χ2v) is 4.54. The molecule has 0 spiro atoms. The van der Waals surface area contributed by atoms with Crippen LogP contribution in [0.1, 0.15) is 12.8 Å². The highest BCUT2D eigenvalue weighted by atomic mass is 19.1. The summed E-state index contributed by atoms with van der Waals surface area (Å²) < 4.78 is 19.1. The van der Waals surface area contributed by atoms with Crippen LogP contribution in [0.25, 0.3) is 0 Å². The van der Waals surface area contributed by atoms with Gasteiger partial charge in [0, 0.05) is 44.2 Å². The largest absolute Gasteiger partial charge is 0.497 e. The molecule has 1 aromatic rings. The minimum Gasteiger partial charge on any atom is -0.497 e. The van der Waals surface area contributed by atoms with Crippen LogP contribution in [0.3, 0.4) is 0 Å². The molecule has 0 unspecified atom stereocenters. The summed E-state index contributed by atoms with van der Waals surface area (Å²) in [6, 6.07) is 7.87. The normalized spacial score (nSPS) is 19.1. The third-order valence-corrected chi connectivity index (χ3v) is 3.44. The molecule has 17 heavy (non-hydrogen) atoms. The fraction of sp³-hybridized carbons (Fsp3) is 0.538. The lowest BCUT2D eigenvalue weighted by Gasteiger charge is -2.37. The summed E-state index contributed by atoms with van der Waals surface area (Å²) in [6.45, 7) is 1.54. The highest BCUT2D eigenvalue weighted by Gasteiger charge is 2.33. The molecule has 0 atom stereocenters. The van der Waals surface area contributed by atoms with Crippen molar-refractivity contribution in [3.8, 4) is 5.75 Å². The van der Waals surface area contributed by atoms with Crippen molar-refractivity contribution in [1.82, 2.24) is 0 Å². The second-order valence-electron chi connectivity index (χ2n) is 4.54. The van der Waals surface area contributed by atoms with Gasteiger partial charge in [-0.2, -0.15) is 0 Å². The van der Waals surface area contributed by atoms with Crippen LogP contribution < -0.4 is 15.4 Å². The number of nitrogens with two attached hydrogens (primary N) is 1. The van der Waals surface area contributed by atoms with Gasteiger partial charge in [0.15, 0.2) is 0 Å². The van der Waals surface area contributed by atoms with Crippen molar-refractivity contribution in [2.24, 2.45) is 5.73 Å². The van der Waals surface area contributed by atoms with Crippen LogP contribution in [0.4, 0.5) is 10.1 Å². The van der Waals surface area contributed by atoms with Crippen LogP contribution in [-0.4, -0.2) is 32.4 Å². The summed E-state index contributed by atoms with van der Waals surface area (Å²) in [5.74, 6) is 0.832. The number of ether oxygens (including phenoxy) is 1. The highest BCUT2D eigenvalue weighted by molar-refractivity contribution is 5.51. The Balaban J connectivity index is 2.05. The smallest absolute Gasteiger partial charge is 0.126 e. The Morgan fingerprint density at radius 1 is 1.41 bits per heavy atom. The van der Waals surface area contributed by atoms with E-state index in [1.807, 2.05) is 24.3 Å². The molecule has 2 rings (SSSR count). The van der Waals surface area contributed by atoms with E-state index in [0.717, 1.165) is 11.4 Å². The number of anilines is 1. The summed E-state index contributed by atoms with van der Waals surface area (Å²) in [6.07, 6.45) is 1.00. The fourth-order valence-electron chi connectivity index (χ4n) is 2.18. The van der Waals surface area contributed by atoms with Gasteiger partial charge in [-0.05, 0) is 12.1 Å². The van der Waals surface area contributed by atoms with Crippen molar-refractivity contribution in [2.45, 2.75) is 18.5 Å². The van der Waals surface area contributed by atoms with Gasteiger partial charge in [-0.3, -0.25) is 0 Å². The Morgan fingerprint density at radius 3 is 2.71 bits per heavy atom. The van der Waals surface area contributed by atoms with Gasteiger partial charge in [-0.25, -0.2) is 4.39 Å². The molecule has 3 nitrogen and oxygen atoms in total. The molecule has 4 heteroatoms. The van der Waals surface area contributed by atoms with Crippen LogP contribution in [0.15, 0.2) is 24.3 Å². The summed E-state index contributed by atoms with van der Waals surface area (Å²) in [4.78, 5) is 2.18. The molecule has 1 aromatic carbocycles. The monoisotopic (exact) mass is 238 g/mol. The SMILES string of the molecule is COc1cccc(N2CCC(F)(CN)CC2)c1. The molecule has 94 valence electrons. The maximum absolute atomic E-state index is 14.0. The molecule has 1 aliphatic heterocycles. The molecule has 0 aromatic heterocycles. The zero-order chi connectivity index (χ0) is 12.3. The zero-order valence-corrected chi connectivity index (χ0v) is 10.2. The number of alkyl halides is 1. The first-order valence-corrected chi connectivity index (χ1v) is 5.95. The first-order chi connectivity index (χ1) is 8.17. The van der Waals surface area contributed by atoms with Crippen molar-refractivity contribution in [1.29, 1.82) is 0 Å². The molecule has 0 amide bonds. The highest BCUT2D eigenvalue weighted by Crippen LogP contribution is 2.29. The van der Waals surface area contributed by atoms with Crippen LogP contribution >= 0.6 is 0 Å². The minimum atomic E-state index is -1.17. The third kappa shape index (κ3) is 2.69. The number of hydrogen-bond acceptors (Lipinski definition) is 3. The fourth-order valence-corrected chi connectivity index (χ4v) is 2.18. The van der Waals surface area contributed by atoms with Gasteiger partial charge >= 0.3 is 0 Å². The molecule has 0 saturated carbocycles. The quantitative estimate of drug-likeness (QED) is 0.875. The van der Waals surface area contributed by atoms with E-state index in [-0.39, 0.29) is 6.54 Å². The van der Waals surface area contributed by atoms with E-state index in [1.165, 1.54) is 0 Å². The van der Waals surface area contributed by atoms with Crippen molar-refractivity contribution in [3.63, 3.8) is 0 Å². The van der Waals surface area contributed by atoms with Gasteiger partial charge in [0.1, 0.15) is 11.4 Å². The zero-order valence-electron chi connectivity index (χ0n) is 10.2. The van der Waals surface area contributed by atoms with Crippen LogP contribution in [0, 0.1) is 0 Å². The number of nitrogens with zero attached hydrogens (tertiary/aromatic N) is 1. The van der Waals surface area contributed by atoms with E-state index in [1.54, 1.807) is 7.11 Å².